The number of carbonyl (C=O) groups is 1. The molecule has 3 heterocycles. The molecule has 1 aliphatic rings. The van der Waals surface area contributed by atoms with Gasteiger partial charge in [0.25, 0.3) is 0 Å². The van der Waals surface area contributed by atoms with Gasteiger partial charge in [-0.3, -0.25) is 20.1 Å². The van der Waals surface area contributed by atoms with Crippen LogP contribution in [-0.4, -0.2) is 57.6 Å². The number of hydrogen-bond acceptors (Lipinski definition) is 7. The molecular formula is C34H41N7O3. The highest BCUT2D eigenvalue weighted by molar-refractivity contribution is 5.91. The Labute approximate surface area is 258 Å². The number of fused-ring (bicyclic) bond motifs is 1. The van der Waals surface area contributed by atoms with E-state index in [1.165, 1.54) is 0 Å². The minimum absolute atomic E-state index is 0.0353. The zero-order valence-corrected chi connectivity index (χ0v) is 25.4. The Hall–Kier alpha value is -4.70. The standard InChI is InChI=1S/C34H41N7O3/c1-22-27(28-10-6-12-30(23(28)2)44-17-7-14-38-34(35)36)9-5-11-29(22)40-33-32-25(13-15-37-33)18-24(20-39-32)21-41-16-4-3-8-26(41)19-31(42)43/h5-6,9-13,15,18,20,26H,3-4,7-8,14,16-17,19,21H2,1-2H3,(H,37,40)(H,42,43)(H4,35,36,38). The molecule has 230 valence electrons. The topological polar surface area (TPSA) is 149 Å². The minimum atomic E-state index is -0.744. The molecule has 10 nitrogen and oxygen atoms in total. The molecule has 1 fully saturated rings. The number of hydrogen-bond donors (Lipinski definition) is 5. The molecule has 0 saturated carbocycles. The number of rotatable bonds is 12. The number of nitrogens with one attached hydrogen (secondary N) is 3. The van der Waals surface area contributed by atoms with Gasteiger partial charge in [-0.2, -0.15) is 0 Å². The average Bonchev–Trinajstić information content (AvgIpc) is 3.00. The molecule has 1 unspecified atom stereocenters. The number of carboxylic acid groups (broad SMARTS) is 1. The highest BCUT2D eigenvalue weighted by Crippen LogP contribution is 2.36. The molecule has 1 aliphatic heterocycles. The molecule has 0 radical (unpaired) electrons. The predicted molar refractivity (Wildman–Crippen MR) is 175 cm³/mol. The maximum atomic E-state index is 11.4. The average molecular weight is 596 g/mol. The van der Waals surface area contributed by atoms with Crippen molar-refractivity contribution in [2.24, 2.45) is 5.73 Å². The van der Waals surface area contributed by atoms with Crippen molar-refractivity contribution in [3.63, 3.8) is 0 Å². The molecule has 0 aliphatic carbocycles. The van der Waals surface area contributed by atoms with Crippen molar-refractivity contribution < 1.29 is 14.6 Å². The number of aromatic nitrogens is 2. The summed E-state index contributed by atoms with van der Waals surface area (Å²) in [6.07, 6.45) is 7.67. The lowest BCUT2D eigenvalue weighted by atomic mass is 9.95. The highest BCUT2D eigenvalue weighted by atomic mass is 16.5. The van der Waals surface area contributed by atoms with Gasteiger partial charge in [0.15, 0.2) is 11.8 Å². The second-order valence-electron chi connectivity index (χ2n) is 11.4. The second-order valence-corrected chi connectivity index (χ2v) is 11.4. The molecule has 5 rings (SSSR count). The lowest BCUT2D eigenvalue weighted by molar-refractivity contribution is -0.138. The Kier molecular flexibility index (Phi) is 9.91. The van der Waals surface area contributed by atoms with E-state index >= 15 is 0 Å². The van der Waals surface area contributed by atoms with E-state index in [1.54, 1.807) is 6.20 Å². The Balaban J connectivity index is 1.33. The van der Waals surface area contributed by atoms with Crippen LogP contribution in [0.25, 0.3) is 22.0 Å². The van der Waals surface area contributed by atoms with Gasteiger partial charge >= 0.3 is 5.97 Å². The number of likely N-dealkylation sites (tertiary alicyclic amines) is 1. The summed E-state index contributed by atoms with van der Waals surface area (Å²) in [4.78, 5) is 23.1. The number of anilines is 2. The highest BCUT2D eigenvalue weighted by Gasteiger charge is 2.25. The van der Waals surface area contributed by atoms with E-state index < -0.39 is 5.97 Å². The molecule has 2 aromatic heterocycles. The van der Waals surface area contributed by atoms with Crippen molar-refractivity contribution in [1.29, 1.82) is 5.41 Å². The van der Waals surface area contributed by atoms with Crippen LogP contribution in [0.2, 0.25) is 0 Å². The van der Waals surface area contributed by atoms with E-state index in [9.17, 15) is 9.90 Å². The van der Waals surface area contributed by atoms with E-state index in [1.807, 2.05) is 36.5 Å². The molecule has 1 atom stereocenters. The number of carboxylic acids is 1. The van der Waals surface area contributed by atoms with Gasteiger partial charge in [-0.05, 0) is 91.7 Å². The monoisotopic (exact) mass is 595 g/mol. The second kappa shape index (κ2) is 14.2. The summed E-state index contributed by atoms with van der Waals surface area (Å²) in [6.45, 7) is 6.87. The fourth-order valence-electron chi connectivity index (χ4n) is 5.95. The van der Waals surface area contributed by atoms with Gasteiger partial charge < -0.3 is 26.2 Å². The van der Waals surface area contributed by atoms with Gasteiger partial charge in [0.1, 0.15) is 11.3 Å². The Bertz CT molecular complexity index is 1640. The largest absolute Gasteiger partial charge is 0.493 e. The number of benzene rings is 2. The molecule has 1 saturated heterocycles. The third-order valence-electron chi connectivity index (χ3n) is 8.26. The van der Waals surface area contributed by atoms with Crippen LogP contribution in [-0.2, 0) is 11.3 Å². The number of nitrogens with two attached hydrogens (primary N) is 1. The van der Waals surface area contributed by atoms with Crippen molar-refractivity contribution in [3.8, 4) is 16.9 Å². The molecular weight excluding hydrogens is 554 g/mol. The van der Waals surface area contributed by atoms with Crippen molar-refractivity contribution >= 4 is 34.3 Å². The maximum absolute atomic E-state index is 11.4. The molecule has 44 heavy (non-hydrogen) atoms. The summed E-state index contributed by atoms with van der Waals surface area (Å²) < 4.78 is 6.06. The molecule has 4 aromatic rings. The van der Waals surface area contributed by atoms with Crippen LogP contribution >= 0.6 is 0 Å². The fraction of sp³-hybridized carbons (Fsp3) is 0.353. The normalized spacial score (nSPS) is 15.2. The quantitative estimate of drug-likeness (QED) is 0.0785. The molecule has 0 bridgehead atoms. The van der Waals surface area contributed by atoms with E-state index in [-0.39, 0.29) is 18.4 Å². The van der Waals surface area contributed by atoms with Crippen LogP contribution < -0.4 is 21.1 Å². The van der Waals surface area contributed by atoms with Gasteiger partial charge in [0.05, 0.1) is 13.0 Å². The molecule has 10 heteroatoms. The van der Waals surface area contributed by atoms with Gasteiger partial charge in [0.2, 0.25) is 0 Å². The number of piperidine rings is 1. The van der Waals surface area contributed by atoms with Gasteiger partial charge in [-0.25, -0.2) is 4.98 Å². The van der Waals surface area contributed by atoms with Gasteiger partial charge in [-0.1, -0.05) is 30.7 Å². The summed E-state index contributed by atoms with van der Waals surface area (Å²) in [5, 5.41) is 23.9. The van der Waals surface area contributed by atoms with Crippen molar-refractivity contribution in [3.05, 3.63) is 77.6 Å². The third kappa shape index (κ3) is 7.44. The Morgan fingerprint density at radius 3 is 2.70 bits per heavy atom. The number of aliphatic carboxylic acids is 1. The van der Waals surface area contributed by atoms with Crippen LogP contribution in [0.3, 0.4) is 0 Å². The first-order valence-electron chi connectivity index (χ1n) is 15.2. The van der Waals surface area contributed by atoms with Crippen LogP contribution in [0, 0.1) is 19.3 Å². The van der Waals surface area contributed by atoms with Crippen molar-refractivity contribution in [1.82, 2.24) is 20.2 Å². The fourth-order valence-corrected chi connectivity index (χ4v) is 5.95. The summed E-state index contributed by atoms with van der Waals surface area (Å²) >= 11 is 0. The van der Waals surface area contributed by atoms with E-state index in [2.05, 4.69) is 52.6 Å². The van der Waals surface area contributed by atoms with Crippen LogP contribution in [0.15, 0.2) is 60.9 Å². The maximum Gasteiger partial charge on any atom is 0.304 e. The number of ether oxygens (including phenoxy) is 1. The molecule has 0 spiro atoms. The first-order valence-corrected chi connectivity index (χ1v) is 15.2. The predicted octanol–water partition coefficient (Wildman–Crippen LogP) is 5.74. The van der Waals surface area contributed by atoms with E-state index in [0.717, 1.165) is 82.4 Å². The molecule has 2 aromatic carbocycles. The lowest BCUT2D eigenvalue weighted by Gasteiger charge is -2.34. The van der Waals surface area contributed by atoms with E-state index in [4.69, 9.17) is 20.9 Å². The third-order valence-corrected chi connectivity index (χ3v) is 8.26. The summed E-state index contributed by atoms with van der Waals surface area (Å²) in [6, 6.07) is 16.5. The number of pyridine rings is 2. The number of guanidine groups is 1. The van der Waals surface area contributed by atoms with Crippen LogP contribution in [0.4, 0.5) is 11.5 Å². The van der Waals surface area contributed by atoms with Gasteiger partial charge in [-0.15, -0.1) is 0 Å². The Morgan fingerprint density at radius 1 is 1.11 bits per heavy atom. The van der Waals surface area contributed by atoms with Crippen molar-refractivity contribution in [2.75, 3.05) is 25.0 Å². The molecule has 6 N–H and O–H groups in total. The SMILES string of the molecule is Cc1c(Nc2nccc3cc(CN4CCCCC4CC(=O)O)cnc23)cccc1-c1cccc(OCCCNC(=N)N)c1C. The van der Waals surface area contributed by atoms with Gasteiger partial charge in [0, 0.05) is 42.6 Å². The smallest absolute Gasteiger partial charge is 0.304 e. The summed E-state index contributed by atoms with van der Waals surface area (Å²) in [5.74, 6) is 0.736. The first kappa shape index (κ1) is 30.7. The van der Waals surface area contributed by atoms with Crippen molar-refractivity contribution in [2.45, 2.75) is 58.5 Å². The zero-order chi connectivity index (χ0) is 31.1. The van der Waals surface area contributed by atoms with E-state index in [0.29, 0.717) is 25.5 Å². The Morgan fingerprint density at radius 2 is 1.91 bits per heavy atom. The minimum Gasteiger partial charge on any atom is -0.493 e. The lowest BCUT2D eigenvalue weighted by Crippen LogP contribution is -2.40. The number of nitrogens with zero attached hydrogens (tertiary/aromatic N) is 3. The molecule has 0 amide bonds. The summed E-state index contributed by atoms with van der Waals surface area (Å²) in [5.41, 5.74) is 12.5. The van der Waals surface area contributed by atoms with Crippen LogP contribution in [0.5, 0.6) is 5.75 Å². The first-order chi connectivity index (χ1) is 21.3. The van der Waals surface area contributed by atoms with Crippen LogP contribution in [0.1, 0.15) is 48.8 Å². The zero-order valence-electron chi connectivity index (χ0n) is 25.4. The summed E-state index contributed by atoms with van der Waals surface area (Å²) in [7, 11) is 0.